The molecule has 2 aliphatic rings. The molecule has 2 heterocycles. The van der Waals surface area contributed by atoms with Gasteiger partial charge in [-0.05, 0) is 43.5 Å². The number of cyclic esters (lactones) is 1. The zero-order valence-corrected chi connectivity index (χ0v) is 19.8. The molecule has 1 saturated heterocycles. The van der Waals surface area contributed by atoms with E-state index in [9.17, 15) is 18.8 Å². The van der Waals surface area contributed by atoms with Crippen LogP contribution in [0.25, 0.3) is 11.3 Å². The van der Waals surface area contributed by atoms with Crippen LogP contribution in [0.4, 0.5) is 4.39 Å². The molecule has 3 atom stereocenters. The van der Waals surface area contributed by atoms with E-state index in [1.54, 1.807) is 25.1 Å². The molecule has 1 aliphatic heterocycles. The van der Waals surface area contributed by atoms with Gasteiger partial charge < -0.3 is 24.5 Å². The smallest absolute Gasteiger partial charge is 0.310 e. The predicted octanol–water partition coefficient (Wildman–Crippen LogP) is 3.95. The van der Waals surface area contributed by atoms with Crippen LogP contribution in [0.2, 0.25) is 0 Å². The van der Waals surface area contributed by atoms with E-state index in [2.05, 4.69) is 10.6 Å². The number of furan rings is 1. The minimum Gasteiger partial charge on any atom is -0.451 e. The molecule has 35 heavy (non-hydrogen) atoms. The Morgan fingerprint density at radius 2 is 1.97 bits per heavy atom. The zero-order chi connectivity index (χ0) is 24.8. The highest BCUT2D eigenvalue weighted by molar-refractivity contribution is 5.96. The molecule has 1 saturated carbocycles. The maximum absolute atomic E-state index is 13.6. The van der Waals surface area contributed by atoms with E-state index in [-0.39, 0.29) is 12.2 Å². The van der Waals surface area contributed by atoms with E-state index >= 15 is 0 Å². The number of hydrogen-bond acceptors (Lipinski definition) is 6. The SMILES string of the molecule is CCOC1OC(=O)CC1NC(=O)[C@H](CC1CCCCC1)NC(=O)c1ccc(-c2cccc(F)c2)o1. The quantitative estimate of drug-likeness (QED) is 0.520. The highest BCUT2D eigenvalue weighted by atomic mass is 19.1. The van der Waals surface area contributed by atoms with Crippen molar-refractivity contribution in [1.29, 1.82) is 0 Å². The van der Waals surface area contributed by atoms with Gasteiger partial charge in [0.2, 0.25) is 12.2 Å². The maximum Gasteiger partial charge on any atom is 0.310 e. The van der Waals surface area contributed by atoms with E-state index in [1.807, 2.05) is 0 Å². The van der Waals surface area contributed by atoms with Crippen LogP contribution in [0.5, 0.6) is 0 Å². The number of rotatable bonds is 9. The van der Waals surface area contributed by atoms with Crippen molar-refractivity contribution in [3.63, 3.8) is 0 Å². The molecule has 2 unspecified atom stereocenters. The first kappa shape index (κ1) is 24.9. The van der Waals surface area contributed by atoms with E-state index in [0.717, 1.165) is 25.7 Å². The van der Waals surface area contributed by atoms with Gasteiger partial charge in [-0.1, -0.05) is 44.2 Å². The van der Waals surface area contributed by atoms with Crippen molar-refractivity contribution in [2.24, 2.45) is 5.92 Å². The standard InChI is InChI=1S/C26H31FN2O6/c1-2-33-26-20(15-23(30)35-26)29-24(31)19(13-16-7-4-3-5-8-16)28-25(32)22-12-11-21(34-22)17-9-6-10-18(27)14-17/h6,9-12,14,16,19-20,26H,2-5,7-8,13,15H2,1H3,(H,28,32)(H,29,31)/t19-,20?,26?/m0/s1. The number of benzene rings is 1. The van der Waals surface area contributed by atoms with Crippen molar-refractivity contribution in [2.45, 2.75) is 70.2 Å². The van der Waals surface area contributed by atoms with Crippen LogP contribution < -0.4 is 10.6 Å². The summed E-state index contributed by atoms with van der Waals surface area (Å²) in [6, 6.07) is 7.55. The van der Waals surface area contributed by atoms with Crippen molar-refractivity contribution in [3.05, 3.63) is 48.0 Å². The maximum atomic E-state index is 13.6. The van der Waals surface area contributed by atoms with Crippen LogP contribution in [-0.2, 0) is 19.1 Å². The minimum absolute atomic E-state index is 0.00960. The van der Waals surface area contributed by atoms with Gasteiger partial charge in [0, 0.05) is 12.2 Å². The van der Waals surface area contributed by atoms with Gasteiger partial charge in [0.05, 0.1) is 6.42 Å². The summed E-state index contributed by atoms with van der Waals surface area (Å²) in [6.07, 6.45) is 5.01. The predicted molar refractivity (Wildman–Crippen MR) is 125 cm³/mol. The second kappa shape index (κ2) is 11.5. The van der Waals surface area contributed by atoms with Gasteiger partial charge >= 0.3 is 5.97 Å². The summed E-state index contributed by atoms with van der Waals surface area (Å²) >= 11 is 0. The van der Waals surface area contributed by atoms with Crippen LogP contribution in [0.3, 0.4) is 0 Å². The molecule has 9 heteroatoms. The molecule has 2 amide bonds. The fourth-order valence-corrected chi connectivity index (χ4v) is 4.73. The Hall–Kier alpha value is -3.20. The van der Waals surface area contributed by atoms with Gasteiger partial charge in [0.25, 0.3) is 5.91 Å². The average molecular weight is 487 g/mol. The second-order valence-electron chi connectivity index (χ2n) is 9.07. The molecule has 1 aromatic carbocycles. The Labute approximate surface area is 203 Å². The Bertz CT molecular complexity index is 1050. The molecule has 2 fully saturated rings. The van der Waals surface area contributed by atoms with E-state index in [0.29, 0.717) is 30.3 Å². The first-order valence-corrected chi connectivity index (χ1v) is 12.2. The Kier molecular flexibility index (Phi) is 8.17. The van der Waals surface area contributed by atoms with Crippen LogP contribution >= 0.6 is 0 Å². The normalized spacial score (nSPS) is 21.4. The monoisotopic (exact) mass is 486 g/mol. The van der Waals surface area contributed by atoms with Crippen LogP contribution in [-0.4, -0.2) is 42.8 Å². The topological polar surface area (TPSA) is 107 Å². The summed E-state index contributed by atoms with van der Waals surface area (Å²) in [5, 5.41) is 5.63. The van der Waals surface area contributed by atoms with Gasteiger partial charge in [-0.3, -0.25) is 14.4 Å². The minimum atomic E-state index is -0.846. The van der Waals surface area contributed by atoms with E-state index < -0.39 is 42.0 Å². The van der Waals surface area contributed by atoms with E-state index in [4.69, 9.17) is 13.9 Å². The van der Waals surface area contributed by atoms with Gasteiger partial charge in [-0.2, -0.15) is 0 Å². The van der Waals surface area contributed by atoms with Gasteiger partial charge in [0.1, 0.15) is 23.7 Å². The average Bonchev–Trinajstić information content (AvgIpc) is 3.47. The lowest BCUT2D eigenvalue weighted by molar-refractivity contribution is -0.164. The van der Waals surface area contributed by atoms with Crippen LogP contribution in [0.15, 0.2) is 40.8 Å². The number of carbonyl (C=O) groups excluding carboxylic acids is 3. The molecule has 188 valence electrons. The number of hydrogen-bond donors (Lipinski definition) is 2. The molecule has 2 N–H and O–H groups in total. The summed E-state index contributed by atoms with van der Waals surface area (Å²) in [5.41, 5.74) is 0.508. The van der Waals surface area contributed by atoms with Crippen molar-refractivity contribution in [1.82, 2.24) is 10.6 Å². The fraction of sp³-hybridized carbons (Fsp3) is 0.500. The number of esters is 1. The van der Waals surface area contributed by atoms with Gasteiger partial charge in [-0.15, -0.1) is 0 Å². The highest BCUT2D eigenvalue weighted by Gasteiger charge is 2.38. The zero-order valence-electron chi connectivity index (χ0n) is 19.8. The third-order valence-electron chi connectivity index (χ3n) is 6.48. The molecule has 4 rings (SSSR count). The number of amides is 2. The summed E-state index contributed by atoms with van der Waals surface area (Å²) in [4.78, 5) is 38.0. The molecule has 0 bridgehead atoms. The summed E-state index contributed by atoms with van der Waals surface area (Å²) in [6.45, 7) is 2.11. The number of carbonyl (C=O) groups is 3. The summed E-state index contributed by atoms with van der Waals surface area (Å²) in [5.74, 6) is -1.10. The molecular weight excluding hydrogens is 455 g/mol. The first-order valence-electron chi connectivity index (χ1n) is 12.2. The molecule has 2 aromatic rings. The summed E-state index contributed by atoms with van der Waals surface area (Å²) < 4.78 is 29.8. The lowest BCUT2D eigenvalue weighted by Crippen LogP contribution is -2.52. The van der Waals surface area contributed by atoms with Gasteiger partial charge in [0.15, 0.2) is 5.76 Å². The van der Waals surface area contributed by atoms with Crippen LogP contribution in [0.1, 0.15) is 62.4 Å². The molecular formula is C26H31FN2O6. The molecule has 8 nitrogen and oxygen atoms in total. The Morgan fingerprint density at radius 1 is 1.17 bits per heavy atom. The van der Waals surface area contributed by atoms with Gasteiger partial charge in [-0.25, -0.2) is 4.39 Å². The largest absolute Gasteiger partial charge is 0.451 e. The highest BCUT2D eigenvalue weighted by Crippen LogP contribution is 2.28. The Balaban J connectivity index is 1.46. The Morgan fingerprint density at radius 3 is 2.71 bits per heavy atom. The fourth-order valence-electron chi connectivity index (χ4n) is 4.73. The molecule has 0 spiro atoms. The van der Waals surface area contributed by atoms with Crippen molar-refractivity contribution >= 4 is 17.8 Å². The third kappa shape index (κ3) is 6.48. The molecule has 0 radical (unpaired) electrons. The number of ether oxygens (including phenoxy) is 2. The van der Waals surface area contributed by atoms with Crippen molar-refractivity contribution < 1.29 is 32.7 Å². The molecule has 1 aliphatic carbocycles. The molecule has 1 aromatic heterocycles. The summed E-state index contributed by atoms with van der Waals surface area (Å²) in [7, 11) is 0. The van der Waals surface area contributed by atoms with Crippen LogP contribution in [0, 0.1) is 11.7 Å². The van der Waals surface area contributed by atoms with E-state index in [1.165, 1.54) is 24.6 Å². The second-order valence-corrected chi connectivity index (χ2v) is 9.07. The number of halogens is 1. The third-order valence-corrected chi connectivity index (χ3v) is 6.48. The van der Waals surface area contributed by atoms with Crippen molar-refractivity contribution in [3.8, 4) is 11.3 Å². The van der Waals surface area contributed by atoms with Crippen molar-refractivity contribution in [2.75, 3.05) is 6.61 Å². The number of nitrogens with one attached hydrogen (secondary N) is 2. The lowest BCUT2D eigenvalue weighted by atomic mass is 9.84. The first-order chi connectivity index (χ1) is 16.9. The lowest BCUT2D eigenvalue weighted by Gasteiger charge is -2.28.